The summed E-state index contributed by atoms with van der Waals surface area (Å²) in [6, 6.07) is 9.23. The van der Waals surface area contributed by atoms with Gasteiger partial charge in [-0.05, 0) is 36.4 Å². The highest BCUT2D eigenvalue weighted by Crippen LogP contribution is 2.23. The first kappa shape index (κ1) is 15.3. The molecule has 1 aliphatic rings. The van der Waals surface area contributed by atoms with E-state index in [1.54, 1.807) is 34.1 Å². The standard InChI is InChI=1S/C17H17FN2O3/c1-12(21)19-8-10-20(11-9-19)17(22)16-7-6-15(23-16)13-2-4-14(18)5-3-13/h2-7H,8-11H2,1H3. The maximum Gasteiger partial charge on any atom is 0.289 e. The van der Waals surface area contributed by atoms with Gasteiger partial charge < -0.3 is 14.2 Å². The summed E-state index contributed by atoms with van der Waals surface area (Å²) >= 11 is 0. The second-order valence-electron chi connectivity index (χ2n) is 5.47. The van der Waals surface area contributed by atoms with Crippen LogP contribution in [0.5, 0.6) is 0 Å². The van der Waals surface area contributed by atoms with Crippen molar-refractivity contribution in [2.45, 2.75) is 6.92 Å². The Labute approximate surface area is 133 Å². The van der Waals surface area contributed by atoms with E-state index < -0.39 is 0 Å². The van der Waals surface area contributed by atoms with Gasteiger partial charge in [0.15, 0.2) is 5.76 Å². The number of carbonyl (C=O) groups is 2. The van der Waals surface area contributed by atoms with Crippen molar-refractivity contribution in [3.05, 3.63) is 48.0 Å². The summed E-state index contributed by atoms with van der Waals surface area (Å²) in [6.07, 6.45) is 0. The summed E-state index contributed by atoms with van der Waals surface area (Å²) in [4.78, 5) is 27.1. The minimum absolute atomic E-state index is 0.0219. The van der Waals surface area contributed by atoms with Crippen LogP contribution in [-0.4, -0.2) is 47.8 Å². The van der Waals surface area contributed by atoms with E-state index in [0.717, 1.165) is 0 Å². The van der Waals surface area contributed by atoms with Crippen molar-refractivity contribution >= 4 is 11.8 Å². The van der Waals surface area contributed by atoms with Gasteiger partial charge in [-0.15, -0.1) is 0 Å². The number of rotatable bonds is 2. The van der Waals surface area contributed by atoms with Gasteiger partial charge in [-0.3, -0.25) is 9.59 Å². The lowest BCUT2D eigenvalue weighted by Gasteiger charge is -2.33. The molecule has 120 valence electrons. The molecule has 6 heteroatoms. The summed E-state index contributed by atoms with van der Waals surface area (Å²) in [6.45, 7) is 3.58. The fraction of sp³-hybridized carbons (Fsp3) is 0.294. The highest BCUT2D eigenvalue weighted by atomic mass is 19.1. The number of halogens is 1. The third-order valence-corrected chi connectivity index (χ3v) is 3.96. The Morgan fingerprint density at radius 3 is 2.17 bits per heavy atom. The molecule has 23 heavy (non-hydrogen) atoms. The van der Waals surface area contributed by atoms with Gasteiger partial charge in [0.25, 0.3) is 5.91 Å². The zero-order valence-electron chi connectivity index (χ0n) is 12.8. The Kier molecular flexibility index (Phi) is 4.14. The molecular formula is C17H17FN2O3. The number of piperazine rings is 1. The van der Waals surface area contributed by atoms with E-state index >= 15 is 0 Å². The number of hydrogen-bond donors (Lipinski definition) is 0. The van der Waals surface area contributed by atoms with E-state index in [-0.39, 0.29) is 23.4 Å². The summed E-state index contributed by atoms with van der Waals surface area (Å²) in [5, 5.41) is 0. The average molecular weight is 316 g/mol. The molecule has 3 rings (SSSR count). The largest absolute Gasteiger partial charge is 0.451 e. The van der Waals surface area contributed by atoms with Gasteiger partial charge >= 0.3 is 0 Å². The molecule has 1 fully saturated rings. The minimum atomic E-state index is -0.319. The molecule has 1 aromatic carbocycles. The summed E-state index contributed by atoms with van der Waals surface area (Å²) in [7, 11) is 0. The van der Waals surface area contributed by atoms with E-state index in [1.165, 1.54) is 19.1 Å². The van der Waals surface area contributed by atoms with Crippen molar-refractivity contribution in [2.75, 3.05) is 26.2 Å². The van der Waals surface area contributed by atoms with Gasteiger partial charge in [0.1, 0.15) is 11.6 Å². The Balaban J connectivity index is 1.69. The number of amides is 2. The van der Waals surface area contributed by atoms with Gasteiger partial charge in [0, 0.05) is 38.7 Å². The van der Waals surface area contributed by atoms with Crippen LogP contribution in [0.1, 0.15) is 17.5 Å². The molecule has 0 saturated carbocycles. The fourth-order valence-electron chi connectivity index (χ4n) is 2.60. The van der Waals surface area contributed by atoms with Crippen LogP contribution in [0.25, 0.3) is 11.3 Å². The summed E-state index contributed by atoms with van der Waals surface area (Å²) in [5.41, 5.74) is 0.715. The Hall–Kier alpha value is -2.63. The molecule has 2 aromatic rings. The van der Waals surface area contributed by atoms with E-state index in [4.69, 9.17) is 4.42 Å². The predicted octanol–water partition coefficient (Wildman–Crippen LogP) is 2.39. The van der Waals surface area contributed by atoms with E-state index in [0.29, 0.717) is 37.5 Å². The third kappa shape index (κ3) is 3.26. The molecule has 5 nitrogen and oxygen atoms in total. The second-order valence-corrected chi connectivity index (χ2v) is 5.47. The normalized spacial score (nSPS) is 14.9. The zero-order chi connectivity index (χ0) is 16.4. The molecule has 1 aromatic heterocycles. The van der Waals surface area contributed by atoms with Crippen LogP contribution in [-0.2, 0) is 4.79 Å². The molecule has 2 heterocycles. The highest BCUT2D eigenvalue weighted by Gasteiger charge is 2.25. The second kappa shape index (κ2) is 6.24. The third-order valence-electron chi connectivity index (χ3n) is 3.96. The quantitative estimate of drug-likeness (QED) is 0.855. The van der Waals surface area contributed by atoms with Crippen molar-refractivity contribution in [1.29, 1.82) is 0 Å². The number of benzene rings is 1. The molecule has 0 aliphatic carbocycles. The number of furan rings is 1. The molecule has 0 radical (unpaired) electrons. The first-order valence-electron chi connectivity index (χ1n) is 7.45. The lowest BCUT2D eigenvalue weighted by Crippen LogP contribution is -2.50. The van der Waals surface area contributed by atoms with Crippen LogP contribution in [0.4, 0.5) is 4.39 Å². The zero-order valence-corrected chi connectivity index (χ0v) is 12.8. The molecule has 1 saturated heterocycles. The maximum absolute atomic E-state index is 12.9. The van der Waals surface area contributed by atoms with Crippen LogP contribution in [0.2, 0.25) is 0 Å². The lowest BCUT2D eigenvalue weighted by atomic mass is 10.2. The molecule has 0 spiro atoms. The van der Waals surface area contributed by atoms with Gasteiger partial charge in [-0.25, -0.2) is 4.39 Å². The molecule has 1 aliphatic heterocycles. The molecular weight excluding hydrogens is 299 g/mol. The Morgan fingerprint density at radius 2 is 1.57 bits per heavy atom. The lowest BCUT2D eigenvalue weighted by molar-refractivity contribution is -0.130. The van der Waals surface area contributed by atoms with Crippen LogP contribution >= 0.6 is 0 Å². The number of nitrogens with zero attached hydrogens (tertiary/aromatic N) is 2. The van der Waals surface area contributed by atoms with Crippen LogP contribution in [0.15, 0.2) is 40.8 Å². The highest BCUT2D eigenvalue weighted by molar-refractivity contribution is 5.92. The van der Waals surface area contributed by atoms with Gasteiger partial charge in [0.05, 0.1) is 0 Å². The van der Waals surface area contributed by atoms with Crippen LogP contribution in [0, 0.1) is 5.82 Å². The smallest absolute Gasteiger partial charge is 0.289 e. The van der Waals surface area contributed by atoms with Crippen molar-refractivity contribution < 1.29 is 18.4 Å². The average Bonchev–Trinajstić information content (AvgIpc) is 3.05. The number of carbonyl (C=O) groups excluding carboxylic acids is 2. The van der Waals surface area contributed by atoms with Crippen LogP contribution < -0.4 is 0 Å². The van der Waals surface area contributed by atoms with Gasteiger partial charge in [0.2, 0.25) is 5.91 Å². The summed E-state index contributed by atoms with van der Waals surface area (Å²) in [5.74, 6) is 0.284. The monoisotopic (exact) mass is 316 g/mol. The van der Waals surface area contributed by atoms with Crippen LogP contribution in [0.3, 0.4) is 0 Å². The Morgan fingerprint density at radius 1 is 0.957 bits per heavy atom. The van der Waals surface area contributed by atoms with E-state index in [1.807, 2.05) is 0 Å². The predicted molar refractivity (Wildman–Crippen MR) is 82.3 cm³/mol. The molecule has 0 atom stereocenters. The maximum atomic E-state index is 12.9. The topological polar surface area (TPSA) is 53.8 Å². The molecule has 0 unspecified atom stereocenters. The SMILES string of the molecule is CC(=O)N1CCN(C(=O)c2ccc(-c3ccc(F)cc3)o2)CC1. The van der Waals surface area contributed by atoms with Gasteiger partial charge in [-0.2, -0.15) is 0 Å². The van der Waals surface area contributed by atoms with Gasteiger partial charge in [-0.1, -0.05) is 0 Å². The minimum Gasteiger partial charge on any atom is -0.451 e. The summed E-state index contributed by atoms with van der Waals surface area (Å²) < 4.78 is 18.6. The van der Waals surface area contributed by atoms with Crippen molar-refractivity contribution in [3.8, 4) is 11.3 Å². The van der Waals surface area contributed by atoms with Crippen molar-refractivity contribution in [3.63, 3.8) is 0 Å². The van der Waals surface area contributed by atoms with Crippen molar-refractivity contribution in [1.82, 2.24) is 9.80 Å². The molecule has 2 amide bonds. The van der Waals surface area contributed by atoms with E-state index in [9.17, 15) is 14.0 Å². The molecule has 0 N–H and O–H groups in total. The first-order chi connectivity index (χ1) is 11.0. The van der Waals surface area contributed by atoms with E-state index in [2.05, 4.69) is 0 Å². The van der Waals surface area contributed by atoms with Crippen molar-refractivity contribution in [2.24, 2.45) is 0 Å². The number of hydrogen-bond acceptors (Lipinski definition) is 3. The first-order valence-corrected chi connectivity index (χ1v) is 7.45. The Bertz CT molecular complexity index is 716. The fourth-order valence-corrected chi connectivity index (χ4v) is 2.60. The molecule has 0 bridgehead atoms.